The zero-order valence-corrected chi connectivity index (χ0v) is 9.80. The van der Waals surface area contributed by atoms with Gasteiger partial charge < -0.3 is 0 Å². The van der Waals surface area contributed by atoms with Gasteiger partial charge in [-0.2, -0.15) is 10.4 Å². The van der Waals surface area contributed by atoms with Gasteiger partial charge in [-0.15, -0.1) is 5.10 Å². The number of hydrogen-bond donors (Lipinski definition) is 0. The molecule has 2 rings (SSSR count). The van der Waals surface area contributed by atoms with E-state index in [4.69, 9.17) is 11.6 Å². The second kappa shape index (κ2) is 3.53. The fraction of sp³-hybridized carbons (Fsp3) is 0.455. The van der Waals surface area contributed by atoms with Gasteiger partial charge >= 0.3 is 0 Å². The van der Waals surface area contributed by atoms with Crippen molar-refractivity contribution in [2.24, 2.45) is 0 Å². The summed E-state index contributed by atoms with van der Waals surface area (Å²) in [5.74, 6) is 0.0893. The zero-order valence-electron chi connectivity index (χ0n) is 9.04. The lowest BCUT2D eigenvalue weighted by Gasteiger charge is -2.35. The van der Waals surface area contributed by atoms with Gasteiger partial charge in [0.05, 0.1) is 17.2 Å². The Hall–Kier alpha value is -1.47. The number of aryl methyl sites for hydroxylation is 1. The average Bonchev–Trinajstić information content (AvgIpc) is 2.21. The summed E-state index contributed by atoms with van der Waals surface area (Å²) in [7, 11) is 0. The Morgan fingerprint density at radius 1 is 1.38 bits per heavy atom. The standard InChI is InChI=1S/C11H10ClN3O/c1-6-7(2)14-15-10(12)9(6)11(5-13)3-8(16)4-11/h3-4H2,1-2H3. The van der Waals surface area contributed by atoms with E-state index in [0.717, 1.165) is 11.3 Å². The highest BCUT2D eigenvalue weighted by Gasteiger charge is 2.48. The number of nitrogens with zero attached hydrogens (tertiary/aromatic N) is 3. The van der Waals surface area contributed by atoms with E-state index in [1.807, 2.05) is 13.8 Å². The predicted molar refractivity (Wildman–Crippen MR) is 58.0 cm³/mol. The van der Waals surface area contributed by atoms with Crippen molar-refractivity contribution >= 4 is 17.4 Å². The number of carbonyl (C=O) groups excluding carboxylic acids is 1. The number of carbonyl (C=O) groups is 1. The zero-order chi connectivity index (χ0) is 11.9. The van der Waals surface area contributed by atoms with Crippen LogP contribution in [0.3, 0.4) is 0 Å². The molecule has 1 aliphatic carbocycles. The first-order valence-corrected chi connectivity index (χ1v) is 5.31. The number of hydrogen-bond acceptors (Lipinski definition) is 4. The number of aromatic nitrogens is 2. The predicted octanol–water partition coefficient (Wildman–Crippen LogP) is 1.87. The van der Waals surface area contributed by atoms with Gasteiger partial charge in [0, 0.05) is 18.4 Å². The summed E-state index contributed by atoms with van der Waals surface area (Å²) in [6.07, 6.45) is 0.463. The van der Waals surface area contributed by atoms with Crippen LogP contribution >= 0.6 is 11.6 Å². The van der Waals surface area contributed by atoms with E-state index in [0.29, 0.717) is 5.56 Å². The van der Waals surface area contributed by atoms with Gasteiger partial charge in [-0.3, -0.25) is 4.79 Å². The lowest BCUT2D eigenvalue weighted by Crippen LogP contribution is -2.41. The third-order valence-electron chi connectivity index (χ3n) is 3.10. The van der Waals surface area contributed by atoms with Crippen molar-refractivity contribution in [3.8, 4) is 6.07 Å². The monoisotopic (exact) mass is 235 g/mol. The van der Waals surface area contributed by atoms with Crippen LogP contribution in [0.4, 0.5) is 0 Å². The van der Waals surface area contributed by atoms with E-state index < -0.39 is 5.41 Å². The number of halogens is 1. The van der Waals surface area contributed by atoms with Gasteiger partial charge in [0.15, 0.2) is 5.15 Å². The molecule has 4 nitrogen and oxygen atoms in total. The van der Waals surface area contributed by atoms with Crippen molar-refractivity contribution < 1.29 is 4.79 Å². The van der Waals surface area contributed by atoms with Crippen LogP contribution in [0.1, 0.15) is 29.7 Å². The molecular formula is C11H10ClN3O. The minimum Gasteiger partial charge on any atom is -0.300 e. The third-order valence-corrected chi connectivity index (χ3v) is 3.37. The fourth-order valence-corrected chi connectivity index (χ4v) is 2.43. The number of ketones is 1. The Balaban J connectivity index is 2.60. The van der Waals surface area contributed by atoms with E-state index in [2.05, 4.69) is 16.3 Å². The Labute approximate surface area is 98.2 Å². The van der Waals surface area contributed by atoms with Crippen LogP contribution in [-0.4, -0.2) is 16.0 Å². The van der Waals surface area contributed by atoms with Gasteiger partial charge in [-0.05, 0) is 19.4 Å². The molecule has 0 N–H and O–H groups in total. The molecule has 0 unspecified atom stereocenters. The summed E-state index contributed by atoms with van der Waals surface area (Å²) in [5.41, 5.74) is 1.49. The second-order valence-electron chi connectivity index (χ2n) is 4.16. The van der Waals surface area contributed by atoms with Gasteiger partial charge in [0.2, 0.25) is 0 Å². The molecule has 5 heteroatoms. The molecule has 1 aromatic heterocycles. The molecule has 0 amide bonds. The van der Waals surface area contributed by atoms with Gasteiger partial charge in [-0.25, -0.2) is 0 Å². The Morgan fingerprint density at radius 2 is 2.00 bits per heavy atom. The first-order valence-electron chi connectivity index (χ1n) is 4.93. The Morgan fingerprint density at radius 3 is 2.50 bits per heavy atom. The highest BCUT2D eigenvalue weighted by molar-refractivity contribution is 6.30. The van der Waals surface area contributed by atoms with Crippen molar-refractivity contribution in [3.05, 3.63) is 22.0 Å². The van der Waals surface area contributed by atoms with Crippen LogP contribution in [0.25, 0.3) is 0 Å². The van der Waals surface area contributed by atoms with Crippen LogP contribution in [0.2, 0.25) is 5.15 Å². The fourth-order valence-electron chi connectivity index (χ4n) is 2.07. The van der Waals surface area contributed by atoms with Gasteiger partial charge in [-0.1, -0.05) is 11.6 Å². The van der Waals surface area contributed by atoms with E-state index >= 15 is 0 Å². The maximum Gasteiger partial charge on any atom is 0.156 e. The Bertz CT molecular complexity index is 511. The minimum atomic E-state index is -0.779. The molecule has 0 atom stereocenters. The maximum atomic E-state index is 11.1. The largest absolute Gasteiger partial charge is 0.300 e. The lowest BCUT2D eigenvalue weighted by atomic mass is 9.64. The van der Waals surface area contributed by atoms with Crippen molar-refractivity contribution in [2.75, 3.05) is 0 Å². The topological polar surface area (TPSA) is 66.6 Å². The average molecular weight is 236 g/mol. The van der Waals surface area contributed by atoms with Crippen molar-refractivity contribution in [3.63, 3.8) is 0 Å². The first-order chi connectivity index (χ1) is 7.50. The number of rotatable bonds is 1. The highest BCUT2D eigenvalue weighted by atomic mass is 35.5. The summed E-state index contributed by atoms with van der Waals surface area (Å²) in [4.78, 5) is 11.1. The minimum absolute atomic E-state index is 0.0893. The SMILES string of the molecule is Cc1nnc(Cl)c(C2(C#N)CC(=O)C2)c1C. The molecule has 0 aliphatic heterocycles. The molecule has 0 saturated heterocycles. The molecule has 82 valence electrons. The first kappa shape index (κ1) is 11.0. The summed E-state index contributed by atoms with van der Waals surface area (Å²) in [6, 6.07) is 2.20. The van der Waals surface area contributed by atoms with Crippen LogP contribution in [-0.2, 0) is 10.2 Å². The van der Waals surface area contributed by atoms with Crippen molar-refractivity contribution in [1.29, 1.82) is 5.26 Å². The highest BCUT2D eigenvalue weighted by Crippen LogP contribution is 2.44. The van der Waals surface area contributed by atoms with E-state index in [9.17, 15) is 10.1 Å². The number of Topliss-reactive ketones (excluding diaryl/α,β-unsaturated/α-hetero) is 1. The molecule has 1 saturated carbocycles. The van der Waals surface area contributed by atoms with Gasteiger partial charge in [0.1, 0.15) is 5.78 Å². The van der Waals surface area contributed by atoms with Crippen LogP contribution in [0.5, 0.6) is 0 Å². The van der Waals surface area contributed by atoms with Gasteiger partial charge in [0.25, 0.3) is 0 Å². The van der Waals surface area contributed by atoms with Crippen molar-refractivity contribution in [1.82, 2.24) is 10.2 Å². The normalized spacial score (nSPS) is 17.8. The summed E-state index contributed by atoms with van der Waals surface area (Å²) in [5, 5.41) is 17.2. The summed E-state index contributed by atoms with van der Waals surface area (Å²) < 4.78 is 0. The second-order valence-corrected chi connectivity index (χ2v) is 4.52. The van der Waals surface area contributed by atoms with E-state index in [-0.39, 0.29) is 23.8 Å². The smallest absolute Gasteiger partial charge is 0.156 e. The van der Waals surface area contributed by atoms with E-state index in [1.165, 1.54) is 0 Å². The van der Waals surface area contributed by atoms with Crippen LogP contribution in [0.15, 0.2) is 0 Å². The van der Waals surface area contributed by atoms with Crippen molar-refractivity contribution in [2.45, 2.75) is 32.1 Å². The van der Waals surface area contributed by atoms with Crippen LogP contribution < -0.4 is 0 Å². The van der Waals surface area contributed by atoms with Crippen LogP contribution in [0, 0.1) is 25.2 Å². The van der Waals surface area contributed by atoms with E-state index in [1.54, 1.807) is 0 Å². The molecule has 1 heterocycles. The molecule has 0 radical (unpaired) electrons. The molecule has 1 aromatic rings. The molecule has 0 spiro atoms. The Kier molecular flexibility index (Phi) is 2.43. The summed E-state index contributed by atoms with van der Waals surface area (Å²) in [6.45, 7) is 3.67. The lowest BCUT2D eigenvalue weighted by molar-refractivity contribution is -0.126. The number of nitriles is 1. The molecular weight excluding hydrogens is 226 g/mol. The molecule has 1 fully saturated rings. The maximum absolute atomic E-state index is 11.1. The quantitative estimate of drug-likeness (QED) is 0.745. The molecule has 0 aromatic carbocycles. The third kappa shape index (κ3) is 1.40. The molecule has 16 heavy (non-hydrogen) atoms. The molecule has 1 aliphatic rings. The molecule has 0 bridgehead atoms. The summed E-state index contributed by atoms with van der Waals surface area (Å²) >= 11 is 5.99.